The van der Waals surface area contributed by atoms with Gasteiger partial charge in [-0.1, -0.05) is 33.1 Å². The van der Waals surface area contributed by atoms with Crippen LogP contribution in [0.3, 0.4) is 0 Å². The summed E-state index contributed by atoms with van der Waals surface area (Å²) in [6.45, 7) is 9.24. The van der Waals surface area contributed by atoms with E-state index in [1.807, 2.05) is 0 Å². The van der Waals surface area contributed by atoms with Crippen molar-refractivity contribution in [2.45, 2.75) is 84.5 Å². The first-order chi connectivity index (χ1) is 7.67. The van der Waals surface area contributed by atoms with Crippen LogP contribution >= 0.6 is 0 Å². The highest BCUT2D eigenvalue weighted by Gasteiger charge is 2.25. The van der Waals surface area contributed by atoms with Crippen LogP contribution in [0.1, 0.15) is 66.2 Å². The second-order valence-electron chi connectivity index (χ2n) is 5.50. The summed E-state index contributed by atoms with van der Waals surface area (Å²) < 4.78 is 0. The van der Waals surface area contributed by atoms with Gasteiger partial charge in [0.15, 0.2) is 0 Å². The first-order valence-electron chi connectivity index (χ1n) is 7.19. The lowest BCUT2D eigenvalue weighted by Gasteiger charge is -2.30. The molecular weight excluding hydrogens is 196 g/mol. The van der Waals surface area contributed by atoms with Crippen molar-refractivity contribution in [3.05, 3.63) is 0 Å². The van der Waals surface area contributed by atoms with Crippen molar-refractivity contribution in [2.24, 2.45) is 5.92 Å². The maximum Gasteiger partial charge on any atom is 0.0604 e. The van der Waals surface area contributed by atoms with Crippen LogP contribution in [0.5, 0.6) is 0 Å². The maximum absolute atomic E-state index is 3.76. The van der Waals surface area contributed by atoms with Gasteiger partial charge in [-0.2, -0.15) is 0 Å². The Hall–Kier alpha value is -0.0800. The van der Waals surface area contributed by atoms with Gasteiger partial charge in [0.2, 0.25) is 0 Å². The average molecular weight is 226 g/mol. The SMILES string of the molecule is CCCCC(CC)C1NC(C)CCC(C)N1. The second-order valence-corrected chi connectivity index (χ2v) is 5.50. The summed E-state index contributed by atoms with van der Waals surface area (Å²) in [5.74, 6) is 0.794. The molecule has 0 amide bonds. The van der Waals surface area contributed by atoms with Gasteiger partial charge < -0.3 is 0 Å². The van der Waals surface area contributed by atoms with Crippen LogP contribution in [0, 0.1) is 5.92 Å². The van der Waals surface area contributed by atoms with Crippen LogP contribution in [0.2, 0.25) is 0 Å². The molecule has 1 rings (SSSR count). The lowest BCUT2D eigenvalue weighted by molar-refractivity contribution is 0.256. The summed E-state index contributed by atoms with van der Waals surface area (Å²) in [5, 5.41) is 7.52. The van der Waals surface area contributed by atoms with Crippen molar-refractivity contribution in [1.82, 2.24) is 10.6 Å². The lowest BCUT2D eigenvalue weighted by Crippen LogP contribution is -2.50. The van der Waals surface area contributed by atoms with Crippen LogP contribution in [0.15, 0.2) is 0 Å². The fraction of sp³-hybridized carbons (Fsp3) is 1.00. The molecule has 0 radical (unpaired) electrons. The molecule has 1 heterocycles. The van der Waals surface area contributed by atoms with E-state index in [9.17, 15) is 0 Å². The quantitative estimate of drug-likeness (QED) is 0.752. The van der Waals surface area contributed by atoms with Crippen molar-refractivity contribution < 1.29 is 0 Å². The van der Waals surface area contributed by atoms with E-state index in [0.717, 1.165) is 5.92 Å². The highest BCUT2D eigenvalue weighted by Crippen LogP contribution is 2.19. The standard InChI is InChI=1S/C14H30N2/c1-5-7-8-13(6-2)14-15-11(3)9-10-12(4)16-14/h11-16H,5-10H2,1-4H3. The summed E-state index contributed by atoms with van der Waals surface area (Å²) in [4.78, 5) is 0. The monoisotopic (exact) mass is 226 g/mol. The van der Waals surface area contributed by atoms with Crippen molar-refractivity contribution in [1.29, 1.82) is 0 Å². The minimum absolute atomic E-state index is 0.532. The third-order valence-electron chi connectivity index (χ3n) is 3.89. The molecule has 1 aliphatic rings. The van der Waals surface area contributed by atoms with Gasteiger partial charge in [-0.25, -0.2) is 0 Å². The molecule has 1 saturated heterocycles. The third-order valence-corrected chi connectivity index (χ3v) is 3.89. The zero-order valence-electron chi connectivity index (χ0n) is 11.6. The Morgan fingerprint density at radius 3 is 2.06 bits per heavy atom. The van der Waals surface area contributed by atoms with Gasteiger partial charge in [0, 0.05) is 12.1 Å². The summed E-state index contributed by atoms with van der Waals surface area (Å²) >= 11 is 0. The van der Waals surface area contributed by atoms with E-state index in [0.29, 0.717) is 18.2 Å². The van der Waals surface area contributed by atoms with E-state index in [1.165, 1.54) is 38.5 Å². The number of hydrogen-bond donors (Lipinski definition) is 2. The molecule has 3 unspecified atom stereocenters. The van der Waals surface area contributed by atoms with Crippen molar-refractivity contribution in [3.8, 4) is 0 Å². The minimum atomic E-state index is 0.532. The van der Waals surface area contributed by atoms with Crippen molar-refractivity contribution in [3.63, 3.8) is 0 Å². The fourth-order valence-corrected chi connectivity index (χ4v) is 2.67. The van der Waals surface area contributed by atoms with Crippen LogP contribution in [-0.4, -0.2) is 18.2 Å². The number of rotatable bonds is 5. The molecule has 0 aromatic carbocycles. The molecule has 16 heavy (non-hydrogen) atoms. The summed E-state index contributed by atoms with van der Waals surface area (Å²) in [7, 11) is 0. The van der Waals surface area contributed by atoms with Gasteiger partial charge in [0.25, 0.3) is 0 Å². The normalized spacial score (nSPS) is 33.4. The predicted molar refractivity (Wildman–Crippen MR) is 71.5 cm³/mol. The van der Waals surface area contributed by atoms with E-state index in [1.54, 1.807) is 0 Å². The molecule has 2 heteroatoms. The van der Waals surface area contributed by atoms with Gasteiger partial charge in [-0.05, 0) is 39.0 Å². The third kappa shape index (κ3) is 4.42. The Morgan fingerprint density at radius 1 is 1.06 bits per heavy atom. The molecule has 0 saturated carbocycles. The molecular formula is C14H30N2. The molecule has 0 aromatic heterocycles. The number of nitrogens with one attached hydrogen (secondary N) is 2. The van der Waals surface area contributed by atoms with E-state index >= 15 is 0 Å². The van der Waals surface area contributed by atoms with E-state index in [-0.39, 0.29) is 0 Å². The Kier molecular flexibility index (Phi) is 6.37. The molecule has 0 spiro atoms. The largest absolute Gasteiger partial charge is 0.299 e. The molecule has 0 aliphatic carbocycles. The molecule has 2 N–H and O–H groups in total. The van der Waals surface area contributed by atoms with Crippen LogP contribution < -0.4 is 10.6 Å². The Labute approximate surface area is 102 Å². The fourth-order valence-electron chi connectivity index (χ4n) is 2.67. The molecule has 0 bridgehead atoms. The van der Waals surface area contributed by atoms with E-state index < -0.39 is 0 Å². The van der Waals surface area contributed by atoms with Crippen LogP contribution in [-0.2, 0) is 0 Å². The smallest absolute Gasteiger partial charge is 0.0604 e. The van der Waals surface area contributed by atoms with Crippen molar-refractivity contribution in [2.75, 3.05) is 0 Å². The highest BCUT2D eigenvalue weighted by atomic mass is 15.2. The average Bonchev–Trinajstić information content (AvgIpc) is 2.42. The second kappa shape index (κ2) is 7.29. The Balaban J connectivity index is 2.51. The van der Waals surface area contributed by atoms with E-state index in [2.05, 4.69) is 38.3 Å². The molecule has 96 valence electrons. The first-order valence-corrected chi connectivity index (χ1v) is 7.19. The van der Waals surface area contributed by atoms with Gasteiger partial charge >= 0.3 is 0 Å². The lowest BCUT2D eigenvalue weighted by atomic mass is 9.95. The van der Waals surface area contributed by atoms with Crippen molar-refractivity contribution >= 4 is 0 Å². The maximum atomic E-state index is 3.76. The summed E-state index contributed by atoms with van der Waals surface area (Å²) in [6, 6.07) is 1.33. The Morgan fingerprint density at radius 2 is 1.62 bits per heavy atom. The molecule has 2 nitrogen and oxygen atoms in total. The van der Waals surface area contributed by atoms with Gasteiger partial charge in [-0.15, -0.1) is 0 Å². The number of unbranched alkanes of at least 4 members (excludes halogenated alkanes) is 1. The topological polar surface area (TPSA) is 24.1 Å². The molecule has 1 aliphatic heterocycles. The summed E-state index contributed by atoms with van der Waals surface area (Å²) in [6.07, 6.45) is 8.45. The van der Waals surface area contributed by atoms with Gasteiger partial charge in [0.05, 0.1) is 6.17 Å². The van der Waals surface area contributed by atoms with Gasteiger partial charge in [0.1, 0.15) is 0 Å². The van der Waals surface area contributed by atoms with Crippen LogP contribution in [0.25, 0.3) is 0 Å². The predicted octanol–water partition coefficient (Wildman–Crippen LogP) is 3.28. The van der Waals surface area contributed by atoms with Gasteiger partial charge in [-0.3, -0.25) is 10.6 Å². The van der Waals surface area contributed by atoms with Crippen LogP contribution in [0.4, 0.5) is 0 Å². The number of hydrogen-bond acceptors (Lipinski definition) is 2. The molecule has 3 atom stereocenters. The summed E-state index contributed by atoms with van der Waals surface area (Å²) in [5.41, 5.74) is 0. The molecule has 0 aromatic rings. The minimum Gasteiger partial charge on any atom is -0.299 e. The molecule has 1 fully saturated rings. The highest BCUT2D eigenvalue weighted by molar-refractivity contribution is 4.83. The zero-order valence-corrected chi connectivity index (χ0v) is 11.6. The first kappa shape index (κ1) is 14.0. The van der Waals surface area contributed by atoms with E-state index in [4.69, 9.17) is 0 Å². The Bertz CT molecular complexity index is 170. The zero-order chi connectivity index (χ0) is 12.0.